The van der Waals surface area contributed by atoms with Crippen LogP contribution in [0.2, 0.25) is 0 Å². The van der Waals surface area contributed by atoms with E-state index in [-0.39, 0.29) is 17.4 Å². The summed E-state index contributed by atoms with van der Waals surface area (Å²) in [7, 11) is 0. The van der Waals surface area contributed by atoms with Crippen molar-refractivity contribution in [1.29, 1.82) is 0 Å². The quantitative estimate of drug-likeness (QED) is 0.361. The van der Waals surface area contributed by atoms with E-state index >= 15 is 0 Å². The van der Waals surface area contributed by atoms with E-state index in [4.69, 9.17) is 9.47 Å². The van der Waals surface area contributed by atoms with Gasteiger partial charge < -0.3 is 19.7 Å². The Balaban J connectivity index is 2.28. The molecule has 4 nitrogen and oxygen atoms in total. The zero-order valence-corrected chi connectivity index (χ0v) is 22.6. The van der Waals surface area contributed by atoms with E-state index in [1.807, 2.05) is 32.9 Å². The Hall–Kier alpha value is -2.04. The van der Waals surface area contributed by atoms with E-state index in [9.17, 15) is 10.2 Å². The fourth-order valence-electron chi connectivity index (χ4n) is 4.47. The molecule has 0 aliphatic carbocycles. The number of aliphatic hydroxyl groups excluding tert-OH is 2. The second kappa shape index (κ2) is 12.1. The van der Waals surface area contributed by atoms with Crippen LogP contribution in [0.5, 0.6) is 11.5 Å². The second-order valence-corrected chi connectivity index (χ2v) is 10.7. The SMILES string of the molecule is CCCC(O)COc1ccc(C(CC)(CC)c2ccc(OCC(O)C(C)(C)C)c(C)c2)cc1C. The third kappa shape index (κ3) is 6.76. The lowest BCUT2D eigenvalue weighted by Gasteiger charge is -2.34. The molecule has 0 aliphatic rings. The minimum Gasteiger partial charge on any atom is -0.491 e. The van der Waals surface area contributed by atoms with Crippen molar-refractivity contribution in [3.63, 3.8) is 0 Å². The van der Waals surface area contributed by atoms with Gasteiger partial charge in [0.05, 0.1) is 12.2 Å². The van der Waals surface area contributed by atoms with Gasteiger partial charge in [-0.2, -0.15) is 0 Å². The number of hydrogen-bond donors (Lipinski definition) is 2. The Bertz CT molecular complexity index is 909. The molecule has 2 N–H and O–H groups in total. The highest BCUT2D eigenvalue weighted by molar-refractivity contribution is 5.48. The zero-order valence-electron chi connectivity index (χ0n) is 22.6. The summed E-state index contributed by atoms with van der Waals surface area (Å²) in [6.07, 6.45) is 2.69. The van der Waals surface area contributed by atoms with Crippen molar-refractivity contribution in [3.05, 3.63) is 58.7 Å². The molecule has 2 rings (SSSR count). The molecule has 2 aromatic carbocycles. The molecule has 0 aromatic heterocycles. The van der Waals surface area contributed by atoms with Gasteiger partial charge in [0.25, 0.3) is 0 Å². The molecule has 2 unspecified atom stereocenters. The average molecular weight is 471 g/mol. The molecule has 0 fully saturated rings. The summed E-state index contributed by atoms with van der Waals surface area (Å²) in [5, 5.41) is 20.4. The van der Waals surface area contributed by atoms with Gasteiger partial charge in [-0.05, 0) is 72.9 Å². The molecule has 0 radical (unpaired) electrons. The number of aryl methyl sites for hydroxylation is 2. The number of rotatable bonds is 12. The zero-order chi connectivity index (χ0) is 25.5. The number of hydrogen-bond acceptors (Lipinski definition) is 4. The van der Waals surface area contributed by atoms with Crippen LogP contribution in [0.15, 0.2) is 36.4 Å². The van der Waals surface area contributed by atoms with Crippen LogP contribution in [0.1, 0.15) is 89.5 Å². The topological polar surface area (TPSA) is 58.9 Å². The number of benzene rings is 2. The predicted molar refractivity (Wildman–Crippen MR) is 141 cm³/mol. The molecule has 0 heterocycles. The largest absolute Gasteiger partial charge is 0.491 e. The lowest BCUT2D eigenvalue weighted by molar-refractivity contribution is 0.0216. The van der Waals surface area contributed by atoms with Crippen molar-refractivity contribution in [3.8, 4) is 11.5 Å². The Morgan fingerprint density at radius 1 is 0.765 bits per heavy atom. The molecule has 0 amide bonds. The first kappa shape index (κ1) is 28.2. The van der Waals surface area contributed by atoms with E-state index in [1.165, 1.54) is 11.1 Å². The first-order valence-electron chi connectivity index (χ1n) is 12.8. The molecule has 2 atom stereocenters. The van der Waals surface area contributed by atoms with Gasteiger partial charge in [-0.25, -0.2) is 0 Å². The average Bonchev–Trinajstić information content (AvgIpc) is 2.78. The first-order valence-corrected chi connectivity index (χ1v) is 12.8. The lowest BCUT2D eigenvalue weighted by Crippen LogP contribution is -2.32. The third-order valence-electron chi connectivity index (χ3n) is 7.11. The molecule has 0 saturated heterocycles. The van der Waals surface area contributed by atoms with E-state index in [1.54, 1.807) is 0 Å². The van der Waals surface area contributed by atoms with Gasteiger partial charge in [-0.3, -0.25) is 0 Å². The number of ether oxygens (including phenoxy) is 2. The fraction of sp³-hybridized carbons (Fsp3) is 0.600. The summed E-state index contributed by atoms with van der Waals surface area (Å²) in [6.45, 7) is 17.3. The van der Waals surface area contributed by atoms with E-state index < -0.39 is 12.2 Å². The normalized spacial score (nSPS) is 14.1. The molecule has 2 aromatic rings. The standard InChI is InChI=1S/C30H46O4/c1-9-12-25(31)19-33-26-15-13-23(17-21(26)4)30(10-2,11-3)24-14-16-27(22(5)18-24)34-20-28(32)29(6,7)8/h13-18,25,28,31-32H,9-12,19-20H2,1-8H3. The summed E-state index contributed by atoms with van der Waals surface area (Å²) in [6, 6.07) is 12.9. The van der Waals surface area contributed by atoms with Crippen LogP contribution in [0.25, 0.3) is 0 Å². The van der Waals surface area contributed by atoms with Crippen molar-refractivity contribution in [2.24, 2.45) is 5.41 Å². The van der Waals surface area contributed by atoms with Crippen LogP contribution in [0.4, 0.5) is 0 Å². The Morgan fingerprint density at radius 3 is 1.62 bits per heavy atom. The molecule has 0 spiro atoms. The van der Waals surface area contributed by atoms with E-state index in [0.717, 1.165) is 48.3 Å². The summed E-state index contributed by atoms with van der Waals surface area (Å²) >= 11 is 0. The van der Waals surface area contributed by atoms with Crippen molar-refractivity contribution in [2.75, 3.05) is 13.2 Å². The molecule has 0 saturated carbocycles. The van der Waals surface area contributed by atoms with Gasteiger partial charge in [0.1, 0.15) is 24.7 Å². The Labute approximate surface area is 207 Å². The minimum atomic E-state index is -0.524. The highest BCUT2D eigenvalue weighted by Gasteiger charge is 2.32. The monoisotopic (exact) mass is 470 g/mol. The molecule has 4 heteroatoms. The van der Waals surface area contributed by atoms with Crippen molar-refractivity contribution in [2.45, 2.75) is 98.7 Å². The highest BCUT2D eigenvalue weighted by atomic mass is 16.5. The van der Waals surface area contributed by atoms with Crippen molar-refractivity contribution in [1.82, 2.24) is 0 Å². The minimum absolute atomic E-state index is 0.112. The molecule has 0 bridgehead atoms. The Kier molecular flexibility index (Phi) is 10.0. The maximum atomic E-state index is 10.3. The van der Waals surface area contributed by atoms with Crippen molar-refractivity contribution >= 4 is 0 Å². The van der Waals surface area contributed by atoms with Gasteiger partial charge in [0.15, 0.2) is 0 Å². The van der Waals surface area contributed by atoms with Gasteiger partial charge in [0.2, 0.25) is 0 Å². The van der Waals surface area contributed by atoms with Crippen LogP contribution >= 0.6 is 0 Å². The van der Waals surface area contributed by atoms with Crippen LogP contribution in [0, 0.1) is 19.3 Å². The van der Waals surface area contributed by atoms with Crippen LogP contribution in [-0.4, -0.2) is 35.6 Å². The smallest absolute Gasteiger partial charge is 0.122 e. The fourth-order valence-corrected chi connectivity index (χ4v) is 4.47. The van der Waals surface area contributed by atoms with Gasteiger partial charge >= 0.3 is 0 Å². The molecule has 34 heavy (non-hydrogen) atoms. The second-order valence-electron chi connectivity index (χ2n) is 10.7. The van der Waals surface area contributed by atoms with Crippen molar-refractivity contribution < 1.29 is 19.7 Å². The van der Waals surface area contributed by atoms with E-state index in [0.29, 0.717) is 6.61 Å². The predicted octanol–water partition coefficient (Wildman–Crippen LogP) is 6.74. The summed E-state index contributed by atoms with van der Waals surface area (Å²) in [5.74, 6) is 1.65. The Morgan fingerprint density at radius 2 is 1.24 bits per heavy atom. The highest BCUT2D eigenvalue weighted by Crippen LogP contribution is 2.41. The number of aliphatic hydroxyl groups is 2. The summed E-state index contributed by atoms with van der Waals surface area (Å²) < 4.78 is 11.9. The van der Waals surface area contributed by atoms with Crippen LogP contribution in [0.3, 0.4) is 0 Å². The summed E-state index contributed by atoms with van der Waals surface area (Å²) in [5.41, 5.74) is 4.37. The molecular formula is C30H46O4. The lowest BCUT2D eigenvalue weighted by atomic mass is 9.70. The molecule has 190 valence electrons. The van der Waals surface area contributed by atoms with E-state index in [2.05, 4.69) is 58.9 Å². The maximum Gasteiger partial charge on any atom is 0.122 e. The van der Waals surface area contributed by atoms with Gasteiger partial charge in [0, 0.05) is 5.41 Å². The van der Waals surface area contributed by atoms with Crippen LogP contribution in [-0.2, 0) is 5.41 Å². The van der Waals surface area contributed by atoms with Gasteiger partial charge in [-0.15, -0.1) is 0 Å². The first-order chi connectivity index (χ1) is 16.0. The molecule has 0 aliphatic heterocycles. The third-order valence-corrected chi connectivity index (χ3v) is 7.11. The van der Waals surface area contributed by atoms with Gasteiger partial charge in [-0.1, -0.05) is 72.2 Å². The van der Waals surface area contributed by atoms with Crippen LogP contribution < -0.4 is 9.47 Å². The molecular weight excluding hydrogens is 424 g/mol. The maximum absolute atomic E-state index is 10.3. The summed E-state index contributed by atoms with van der Waals surface area (Å²) in [4.78, 5) is 0.